The summed E-state index contributed by atoms with van der Waals surface area (Å²) in [6.45, 7) is 3.57. The number of aliphatic hydroxyl groups excluding tert-OH is 1. The van der Waals surface area contributed by atoms with Crippen molar-refractivity contribution in [1.82, 2.24) is 10.6 Å². The molecule has 1 aromatic rings. The summed E-state index contributed by atoms with van der Waals surface area (Å²) in [5.41, 5.74) is 0.489. The van der Waals surface area contributed by atoms with Gasteiger partial charge < -0.3 is 15.7 Å². The number of nitrogens with one attached hydrogen (secondary N) is 2. The van der Waals surface area contributed by atoms with Crippen LogP contribution < -0.4 is 10.6 Å². The molecular formula is C14H19BrN2O3. The highest BCUT2D eigenvalue weighted by Crippen LogP contribution is 2.10. The lowest BCUT2D eigenvalue weighted by Crippen LogP contribution is -2.45. The second-order valence-corrected chi connectivity index (χ2v) is 5.71. The van der Waals surface area contributed by atoms with E-state index in [1.54, 1.807) is 24.3 Å². The van der Waals surface area contributed by atoms with Gasteiger partial charge >= 0.3 is 0 Å². The highest BCUT2D eigenvalue weighted by atomic mass is 79.9. The van der Waals surface area contributed by atoms with E-state index < -0.39 is 0 Å². The number of rotatable bonds is 6. The number of amides is 2. The number of hydrogen-bond acceptors (Lipinski definition) is 3. The third-order valence-electron chi connectivity index (χ3n) is 2.86. The van der Waals surface area contributed by atoms with Crippen LogP contribution in [0.1, 0.15) is 24.2 Å². The second-order valence-electron chi connectivity index (χ2n) is 4.79. The molecule has 0 spiro atoms. The van der Waals surface area contributed by atoms with Crippen LogP contribution in [-0.4, -0.2) is 36.1 Å². The van der Waals surface area contributed by atoms with E-state index >= 15 is 0 Å². The van der Waals surface area contributed by atoms with Gasteiger partial charge in [-0.3, -0.25) is 9.59 Å². The fourth-order valence-electron chi connectivity index (χ4n) is 1.54. The Bertz CT molecular complexity index is 460. The standard InChI is InChI=1S/C14H19BrN2O3/c1-9(2)12(8-18)17-13(19)7-16-14(20)10-3-5-11(15)6-4-10/h3-6,9,12,18H,7-8H2,1-2H3,(H,16,20)(H,17,19)/t12-/m1/s1. The molecule has 1 atom stereocenters. The lowest BCUT2D eigenvalue weighted by molar-refractivity contribution is -0.121. The van der Waals surface area contributed by atoms with Crippen LogP contribution >= 0.6 is 15.9 Å². The lowest BCUT2D eigenvalue weighted by atomic mass is 10.1. The molecule has 0 radical (unpaired) electrons. The summed E-state index contributed by atoms with van der Waals surface area (Å²) in [6, 6.07) is 6.56. The maximum Gasteiger partial charge on any atom is 0.251 e. The lowest BCUT2D eigenvalue weighted by Gasteiger charge is -2.19. The van der Waals surface area contributed by atoms with Gasteiger partial charge in [-0.05, 0) is 30.2 Å². The highest BCUT2D eigenvalue weighted by Gasteiger charge is 2.15. The van der Waals surface area contributed by atoms with Gasteiger partial charge in [-0.2, -0.15) is 0 Å². The van der Waals surface area contributed by atoms with Crippen LogP contribution in [0.25, 0.3) is 0 Å². The van der Waals surface area contributed by atoms with Crippen LogP contribution in [0.3, 0.4) is 0 Å². The molecule has 0 aromatic heterocycles. The van der Waals surface area contributed by atoms with E-state index in [4.69, 9.17) is 5.11 Å². The number of carbonyl (C=O) groups is 2. The molecule has 110 valence electrons. The van der Waals surface area contributed by atoms with Gasteiger partial charge in [0.1, 0.15) is 0 Å². The van der Waals surface area contributed by atoms with Crippen molar-refractivity contribution in [2.45, 2.75) is 19.9 Å². The van der Waals surface area contributed by atoms with Crippen LogP contribution in [-0.2, 0) is 4.79 Å². The molecule has 0 unspecified atom stereocenters. The molecule has 20 heavy (non-hydrogen) atoms. The molecule has 0 aliphatic rings. The third-order valence-corrected chi connectivity index (χ3v) is 3.39. The fourth-order valence-corrected chi connectivity index (χ4v) is 1.81. The van der Waals surface area contributed by atoms with Gasteiger partial charge in [0, 0.05) is 10.0 Å². The Morgan fingerprint density at radius 3 is 2.35 bits per heavy atom. The summed E-state index contributed by atoms with van der Waals surface area (Å²) in [5, 5.41) is 14.3. The van der Waals surface area contributed by atoms with E-state index in [1.807, 2.05) is 13.8 Å². The Morgan fingerprint density at radius 2 is 1.85 bits per heavy atom. The average Bonchev–Trinajstić information content (AvgIpc) is 2.42. The second kappa shape index (κ2) is 8.01. The zero-order valence-electron chi connectivity index (χ0n) is 11.5. The molecule has 0 fully saturated rings. The quantitative estimate of drug-likeness (QED) is 0.729. The van der Waals surface area contributed by atoms with Crippen molar-refractivity contribution in [3.63, 3.8) is 0 Å². The van der Waals surface area contributed by atoms with Gasteiger partial charge in [-0.1, -0.05) is 29.8 Å². The predicted molar refractivity (Wildman–Crippen MR) is 80.3 cm³/mol. The van der Waals surface area contributed by atoms with Gasteiger partial charge in [-0.25, -0.2) is 0 Å². The molecule has 3 N–H and O–H groups in total. The monoisotopic (exact) mass is 342 g/mol. The first-order chi connectivity index (χ1) is 9.43. The first-order valence-corrected chi connectivity index (χ1v) is 7.17. The minimum atomic E-state index is -0.316. The summed E-state index contributed by atoms with van der Waals surface area (Å²) in [7, 11) is 0. The first kappa shape index (κ1) is 16.7. The summed E-state index contributed by atoms with van der Waals surface area (Å²) >= 11 is 3.29. The first-order valence-electron chi connectivity index (χ1n) is 6.38. The smallest absolute Gasteiger partial charge is 0.251 e. The van der Waals surface area contributed by atoms with Crippen molar-refractivity contribution in [1.29, 1.82) is 0 Å². The predicted octanol–water partition coefficient (Wildman–Crippen LogP) is 1.31. The van der Waals surface area contributed by atoms with Gasteiger partial charge in [0.25, 0.3) is 5.91 Å². The minimum absolute atomic E-state index is 0.113. The van der Waals surface area contributed by atoms with E-state index in [0.717, 1.165) is 4.47 Å². The topological polar surface area (TPSA) is 78.4 Å². The number of carbonyl (C=O) groups excluding carboxylic acids is 2. The molecule has 1 rings (SSSR count). The number of benzene rings is 1. The minimum Gasteiger partial charge on any atom is -0.394 e. The molecule has 6 heteroatoms. The maximum atomic E-state index is 11.8. The molecule has 0 heterocycles. The highest BCUT2D eigenvalue weighted by molar-refractivity contribution is 9.10. The van der Waals surface area contributed by atoms with Crippen LogP contribution in [0, 0.1) is 5.92 Å². The molecular weight excluding hydrogens is 324 g/mol. The van der Waals surface area contributed by atoms with E-state index in [1.165, 1.54) is 0 Å². The van der Waals surface area contributed by atoms with Crippen molar-refractivity contribution < 1.29 is 14.7 Å². The Morgan fingerprint density at radius 1 is 1.25 bits per heavy atom. The number of aliphatic hydroxyl groups is 1. The summed E-state index contributed by atoms with van der Waals surface area (Å²) < 4.78 is 0.884. The Hall–Kier alpha value is -1.40. The molecule has 5 nitrogen and oxygen atoms in total. The molecule has 2 amide bonds. The third kappa shape index (κ3) is 5.30. The van der Waals surface area contributed by atoms with Crippen molar-refractivity contribution >= 4 is 27.7 Å². The van der Waals surface area contributed by atoms with Gasteiger partial charge in [0.15, 0.2) is 0 Å². The number of hydrogen-bond donors (Lipinski definition) is 3. The molecule has 0 saturated carbocycles. The molecule has 0 bridgehead atoms. The maximum absolute atomic E-state index is 11.8. The van der Waals surface area contributed by atoms with Gasteiger partial charge in [0.05, 0.1) is 19.2 Å². The Labute approximate surface area is 126 Å². The van der Waals surface area contributed by atoms with Crippen molar-refractivity contribution in [2.24, 2.45) is 5.92 Å². The zero-order chi connectivity index (χ0) is 15.1. The van der Waals surface area contributed by atoms with Crippen LogP contribution in [0.4, 0.5) is 0 Å². The average molecular weight is 343 g/mol. The fraction of sp³-hybridized carbons (Fsp3) is 0.429. The van der Waals surface area contributed by atoms with Crippen molar-refractivity contribution in [2.75, 3.05) is 13.2 Å². The van der Waals surface area contributed by atoms with Gasteiger partial charge in [0.2, 0.25) is 5.91 Å². The molecule has 0 saturated heterocycles. The van der Waals surface area contributed by atoms with E-state index in [0.29, 0.717) is 5.56 Å². The van der Waals surface area contributed by atoms with Crippen LogP contribution in [0.15, 0.2) is 28.7 Å². The van der Waals surface area contributed by atoms with Crippen LogP contribution in [0.2, 0.25) is 0 Å². The van der Waals surface area contributed by atoms with Gasteiger partial charge in [-0.15, -0.1) is 0 Å². The summed E-state index contributed by atoms with van der Waals surface area (Å²) in [5.74, 6) is -0.493. The van der Waals surface area contributed by atoms with Crippen molar-refractivity contribution in [3.05, 3.63) is 34.3 Å². The SMILES string of the molecule is CC(C)[C@@H](CO)NC(=O)CNC(=O)c1ccc(Br)cc1. The summed E-state index contributed by atoms with van der Waals surface area (Å²) in [4.78, 5) is 23.5. The Kier molecular flexibility index (Phi) is 6.67. The van der Waals surface area contributed by atoms with E-state index in [2.05, 4.69) is 26.6 Å². The largest absolute Gasteiger partial charge is 0.394 e. The Balaban J connectivity index is 2.44. The molecule has 0 aliphatic carbocycles. The van der Waals surface area contributed by atoms with E-state index in [9.17, 15) is 9.59 Å². The molecule has 0 aliphatic heterocycles. The normalized spacial score (nSPS) is 12.1. The van der Waals surface area contributed by atoms with Crippen molar-refractivity contribution in [3.8, 4) is 0 Å². The zero-order valence-corrected chi connectivity index (χ0v) is 13.1. The van der Waals surface area contributed by atoms with Crippen LogP contribution in [0.5, 0.6) is 0 Å². The summed E-state index contributed by atoms with van der Waals surface area (Å²) in [6.07, 6.45) is 0. The number of halogens is 1. The molecule has 1 aromatic carbocycles. The van der Waals surface area contributed by atoms with E-state index in [-0.39, 0.29) is 36.9 Å².